The first-order valence-electron chi connectivity index (χ1n) is 4.46. The van der Waals surface area contributed by atoms with E-state index in [0.29, 0.717) is 10.4 Å². The predicted molar refractivity (Wildman–Crippen MR) is 66.1 cm³/mol. The van der Waals surface area contributed by atoms with E-state index in [9.17, 15) is 12.8 Å². The summed E-state index contributed by atoms with van der Waals surface area (Å²) >= 11 is 6.54. The molecule has 0 saturated carbocycles. The Morgan fingerprint density at radius 3 is 2.47 bits per heavy atom. The second-order valence-corrected chi connectivity index (χ2v) is 6.57. The molecule has 0 fully saturated rings. The molecule has 3 nitrogen and oxygen atoms in total. The van der Waals surface area contributed by atoms with E-state index in [1.807, 2.05) is 0 Å². The van der Waals surface area contributed by atoms with Gasteiger partial charge in [-0.25, -0.2) is 17.9 Å². The normalized spacial score (nSPS) is 11.7. The Morgan fingerprint density at radius 2 is 1.94 bits per heavy atom. The Labute approximate surface area is 107 Å². The number of hydrogen-bond donors (Lipinski definition) is 1. The van der Waals surface area contributed by atoms with Crippen LogP contribution in [-0.4, -0.2) is 8.42 Å². The number of halogens is 2. The molecule has 0 unspecified atom stereocenters. The number of rotatable bonds is 2. The van der Waals surface area contributed by atoms with Crippen LogP contribution in [-0.2, 0) is 10.0 Å². The van der Waals surface area contributed by atoms with Crippen molar-refractivity contribution in [2.45, 2.75) is 4.21 Å². The van der Waals surface area contributed by atoms with Gasteiger partial charge < -0.3 is 0 Å². The minimum absolute atomic E-state index is 0.0250. The van der Waals surface area contributed by atoms with Crippen molar-refractivity contribution in [3.63, 3.8) is 0 Å². The van der Waals surface area contributed by atoms with Crippen LogP contribution >= 0.6 is 22.9 Å². The van der Waals surface area contributed by atoms with Crippen LogP contribution in [0.3, 0.4) is 0 Å². The van der Waals surface area contributed by atoms with Gasteiger partial charge >= 0.3 is 0 Å². The molecule has 1 aromatic heterocycles. The molecule has 2 aromatic rings. The third-order valence-corrected chi connectivity index (χ3v) is 4.95. The third kappa shape index (κ3) is 2.66. The summed E-state index contributed by atoms with van der Waals surface area (Å²) in [6, 6.07) is 7.25. The molecule has 0 aliphatic rings. The highest BCUT2D eigenvalue weighted by molar-refractivity contribution is 7.91. The summed E-state index contributed by atoms with van der Waals surface area (Å²) in [5, 5.41) is 5.01. The molecule has 0 amide bonds. The first-order chi connectivity index (χ1) is 7.88. The summed E-state index contributed by atoms with van der Waals surface area (Å²) in [6.07, 6.45) is 0. The lowest BCUT2D eigenvalue weighted by Crippen LogP contribution is -2.09. The maximum Gasteiger partial charge on any atom is 0.247 e. The van der Waals surface area contributed by atoms with E-state index in [0.717, 1.165) is 11.3 Å². The van der Waals surface area contributed by atoms with Crippen molar-refractivity contribution in [1.82, 2.24) is 0 Å². The van der Waals surface area contributed by atoms with Crippen molar-refractivity contribution in [3.8, 4) is 10.4 Å². The van der Waals surface area contributed by atoms with Crippen molar-refractivity contribution in [2.24, 2.45) is 5.14 Å². The van der Waals surface area contributed by atoms with Crippen LogP contribution in [0.5, 0.6) is 0 Å². The van der Waals surface area contributed by atoms with Crippen LogP contribution in [0.25, 0.3) is 10.4 Å². The maximum absolute atomic E-state index is 13.2. The summed E-state index contributed by atoms with van der Waals surface area (Å²) < 4.78 is 35.5. The van der Waals surface area contributed by atoms with Crippen molar-refractivity contribution in [2.75, 3.05) is 0 Å². The zero-order chi connectivity index (χ0) is 12.6. The molecule has 0 atom stereocenters. The Bertz CT molecular complexity index is 667. The van der Waals surface area contributed by atoms with Gasteiger partial charge in [0.15, 0.2) is 0 Å². The van der Waals surface area contributed by atoms with Crippen LogP contribution in [0.15, 0.2) is 34.5 Å². The van der Waals surface area contributed by atoms with Crippen molar-refractivity contribution >= 4 is 33.0 Å². The summed E-state index contributed by atoms with van der Waals surface area (Å²) in [5.74, 6) is -0.547. The highest BCUT2D eigenvalue weighted by Crippen LogP contribution is 2.31. The van der Waals surface area contributed by atoms with Gasteiger partial charge in [-0.05, 0) is 29.8 Å². The second-order valence-electron chi connectivity index (χ2n) is 3.29. The Balaban J connectivity index is 2.47. The summed E-state index contributed by atoms with van der Waals surface area (Å²) in [7, 11) is -3.71. The van der Waals surface area contributed by atoms with E-state index in [-0.39, 0.29) is 9.23 Å². The third-order valence-electron chi connectivity index (χ3n) is 2.07. The maximum atomic E-state index is 13.2. The first kappa shape index (κ1) is 12.5. The molecule has 7 heteroatoms. The van der Waals surface area contributed by atoms with Gasteiger partial charge in [-0.3, -0.25) is 0 Å². The SMILES string of the molecule is NS(=O)(=O)c1ccc(-c2ccc(Cl)c(F)c2)s1. The largest absolute Gasteiger partial charge is 0.247 e. The average molecular weight is 292 g/mol. The van der Waals surface area contributed by atoms with Crippen molar-refractivity contribution in [3.05, 3.63) is 41.2 Å². The monoisotopic (exact) mass is 291 g/mol. The molecule has 0 aliphatic heterocycles. The molecular formula is C10H7ClFNO2S2. The van der Waals surface area contributed by atoms with Gasteiger partial charge in [-0.1, -0.05) is 17.7 Å². The number of thiophene rings is 1. The fourth-order valence-corrected chi connectivity index (χ4v) is 3.12. The lowest BCUT2D eigenvalue weighted by Gasteiger charge is -1.98. The fraction of sp³-hybridized carbons (Fsp3) is 0. The molecule has 1 heterocycles. The summed E-state index contributed by atoms with van der Waals surface area (Å²) in [5.41, 5.74) is 0.562. The van der Waals surface area contributed by atoms with E-state index in [1.165, 1.54) is 18.2 Å². The number of hydrogen-bond acceptors (Lipinski definition) is 3. The van der Waals surface area contributed by atoms with Gasteiger partial charge in [0, 0.05) is 4.88 Å². The Kier molecular flexibility index (Phi) is 3.22. The van der Waals surface area contributed by atoms with E-state index in [1.54, 1.807) is 12.1 Å². The molecule has 0 saturated heterocycles. The van der Waals surface area contributed by atoms with E-state index < -0.39 is 15.8 Å². The van der Waals surface area contributed by atoms with Crippen LogP contribution in [0.2, 0.25) is 5.02 Å². The quantitative estimate of drug-likeness (QED) is 0.925. The number of benzene rings is 1. The van der Waals surface area contributed by atoms with Gasteiger partial charge in [0.1, 0.15) is 10.0 Å². The second kappa shape index (κ2) is 4.38. The highest BCUT2D eigenvalue weighted by atomic mass is 35.5. The van der Waals surface area contributed by atoms with E-state index in [4.69, 9.17) is 16.7 Å². The number of nitrogens with two attached hydrogens (primary N) is 1. The van der Waals surface area contributed by atoms with Gasteiger partial charge in [-0.2, -0.15) is 0 Å². The molecule has 0 spiro atoms. The Hall–Kier alpha value is -0.950. The molecule has 17 heavy (non-hydrogen) atoms. The topological polar surface area (TPSA) is 60.2 Å². The molecule has 2 N–H and O–H groups in total. The standard InChI is InChI=1S/C10H7ClFNO2S2/c11-7-2-1-6(5-8(7)12)9-3-4-10(16-9)17(13,14)15/h1-5H,(H2,13,14,15). The number of primary sulfonamides is 1. The van der Waals surface area contributed by atoms with E-state index in [2.05, 4.69) is 0 Å². The molecular weight excluding hydrogens is 285 g/mol. The van der Waals surface area contributed by atoms with Gasteiger partial charge in [-0.15, -0.1) is 11.3 Å². The minimum atomic E-state index is -3.71. The fourth-order valence-electron chi connectivity index (χ4n) is 1.28. The van der Waals surface area contributed by atoms with Crippen LogP contribution in [0.4, 0.5) is 4.39 Å². The van der Waals surface area contributed by atoms with Gasteiger partial charge in [0.25, 0.3) is 0 Å². The molecule has 0 bridgehead atoms. The minimum Gasteiger partial charge on any atom is -0.224 e. The molecule has 0 radical (unpaired) electrons. The average Bonchev–Trinajstić information content (AvgIpc) is 2.70. The predicted octanol–water partition coefficient (Wildman–Crippen LogP) is 2.86. The molecule has 2 rings (SSSR count). The Morgan fingerprint density at radius 1 is 1.24 bits per heavy atom. The van der Waals surface area contributed by atoms with Gasteiger partial charge in [0.2, 0.25) is 10.0 Å². The zero-order valence-corrected chi connectivity index (χ0v) is 10.7. The molecule has 90 valence electrons. The lowest BCUT2D eigenvalue weighted by molar-refractivity contribution is 0.600. The summed E-state index contributed by atoms with van der Waals surface area (Å²) in [4.78, 5) is 0.615. The van der Waals surface area contributed by atoms with Crippen LogP contribution < -0.4 is 5.14 Å². The van der Waals surface area contributed by atoms with Crippen molar-refractivity contribution < 1.29 is 12.8 Å². The lowest BCUT2D eigenvalue weighted by atomic mass is 10.2. The zero-order valence-electron chi connectivity index (χ0n) is 8.35. The van der Waals surface area contributed by atoms with E-state index >= 15 is 0 Å². The highest BCUT2D eigenvalue weighted by Gasteiger charge is 2.12. The first-order valence-corrected chi connectivity index (χ1v) is 7.20. The smallest absolute Gasteiger partial charge is 0.224 e. The van der Waals surface area contributed by atoms with Crippen molar-refractivity contribution in [1.29, 1.82) is 0 Å². The molecule has 0 aliphatic carbocycles. The van der Waals surface area contributed by atoms with Crippen LogP contribution in [0.1, 0.15) is 0 Å². The molecule has 1 aromatic carbocycles. The van der Waals surface area contributed by atoms with Gasteiger partial charge in [0.05, 0.1) is 5.02 Å². The summed E-state index contributed by atoms with van der Waals surface area (Å²) in [6.45, 7) is 0. The number of sulfonamides is 1. The van der Waals surface area contributed by atoms with Crippen LogP contribution in [0, 0.1) is 5.82 Å².